The zero-order chi connectivity index (χ0) is 21.9. The zero-order valence-electron chi connectivity index (χ0n) is 16.4. The van der Waals surface area contributed by atoms with Gasteiger partial charge in [0, 0.05) is 18.2 Å². The van der Waals surface area contributed by atoms with Crippen molar-refractivity contribution in [3.05, 3.63) is 87.4 Å². The maximum absolute atomic E-state index is 12.9. The Morgan fingerprint density at radius 2 is 1.70 bits per heavy atom. The van der Waals surface area contributed by atoms with Crippen LogP contribution in [0.25, 0.3) is 11.1 Å². The largest absolute Gasteiger partial charge is 0.496 e. The van der Waals surface area contributed by atoms with Gasteiger partial charge in [-0.1, -0.05) is 53.5 Å². The quantitative estimate of drug-likeness (QED) is 0.416. The van der Waals surface area contributed by atoms with Crippen molar-refractivity contribution in [3.63, 3.8) is 0 Å². The molecule has 0 saturated carbocycles. The highest BCUT2D eigenvalue weighted by atomic mass is 35.5. The highest BCUT2D eigenvalue weighted by molar-refractivity contribution is 6.42. The van der Waals surface area contributed by atoms with E-state index < -0.39 is 11.7 Å². The van der Waals surface area contributed by atoms with Crippen LogP contribution in [0.15, 0.2) is 60.7 Å². The fraction of sp³-hybridized carbons (Fsp3) is 0.217. The van der Waals surface area contributed by atoms with Gasteiger partial charge < -0.3 is 10.1 Å². The van der Waals surface area contributed by atoms with Crippen LogP contribution in [0.1, 0.15) is 29.7 Å². The first-order valence-corrected chi connectivity index (χ1v) is 9.98. The Hall–Kier alpha value is -2.21. The fourth-order valence-corrected chi connectivity index (χ4v) is 3.64. The van der Waals surface area contributed by atoms with E-state index in [1.165, 1.54) is 19.2 Å². The van der Waals surface area contributed by atoms with E-state index in [9.17, 15) is 13.2 Å². The second kappa shape index (κ2) is 9.29. The molecule has 7 heteroatoms. The van der Waals surface area contributed by atoms with Gasteiger partial charge in [-0.3, -0.25) is 0 Å². The van der Waals surface area contributed by atoms with Crippen LogP contribution in [0.5, 0.6) is 5.75 Å². The Balaban J connectivity index is 1.81. The maximum atomic E-state index is 12.9. The minimum absolute atomic E-state index is 0.0483. The first-order valence-electron chi connectivity index (χ1n) is 9.22. The molecule has 0 aromatic heterocycles. The summed E-state index contributed by atoms with van der Waals surface area (Å²) in [4.78, 5) is 0. The van der Waals surface area contributed by atoms with Crippen molar-refractivity contribution < 1.29 is 17.9 Å². The summed E-state index contributed by atoms with van der Waals surface area (Å²) in [5.74, 6) is 0.587. The molecule has 1 atom stereocenters. The number of hydrogen-bond acceptors (Lipinski definition) is 2. The minimum atomic E-state index is -4.37. The van der Waals surface area contributed by atoms with Crippen molar-refractivity contribution in [1.29, 1.82) is 0 Å². The molecule has 0 saturated heterocycles. The summed E-state index contributed by atoms with van der Waals surface area (Å²) >= 11 is 12.4. The van der Waals surface area contributed by atoms with Gasteiger partial charge in [-0.15, -0.1) is 0 Å². The molecule has 0 bridgehead atoms. The monoisotopic (exact) mass is 453 g/mol. The molecule has 3 aromatic carbocycles. The van der Waals surface area contributed by atoms with Crippen LogP contribution in [0, 0.1) is 0 Å². The van der Waals surface area contributed by atoms with Gasteiger partial charge >= 0.3 is 6.18 Å². The molecule has 0 heterocycles. The molecule has 0 fully saturated rings. The third-order valence-electron chi connectivity index (χ3n) is 4.85. The molecule has 0 aliphatic heterocycles. The Bertz CT molecular complexity index is 1020. The lowest BCUT2D eigenvalue weighted by Gasteiger charge is -2.17. The normalized spacial score (nSPS) is 12.6. The molecule has 1 N–H and O–H groups in total. The maximum Gasteiger partial charge on any atom is 0.416 e. The SMILES string of the molecule is COc1ccc(CNC(C)c2cccc(Cl)c2Cl)cc1-c1ccc(C(F)(F)F)cc1. The Kier molecular flexibility index (Phi) is 6.96. The van der Waals surface area contributed by atoms with E-state index in [-0.39, 0.29) is 6.04 Å². The van der Waals surface area contributed by atoms with Crippen LogP contribution >= 0.6 is 23.2 Å². The first kappa shape index (κ1) is 22.5. The molecule has 30 heavy (non-hydrogen) atoms. The van der Waals surface area contributed by atoms with Crippen LogP contribution in [0.4, 0.5) is 13.2 Å². The van der Waals surface area contributed by atoms with Gasteiger partial charge in [0.1, 0.15) is 5.75 Å². The zero-order valence-corrected chi connectivity index (χ0v) is 17.9. The smallest absolute Gasteiger partial charge is 0.416 e. The van der Waals surface area contributed by atoms with E-state index >= 15 is 0 Å². The Labute approximate surface area is 183 Å². The average Bonchev–Trinajstić information content (AvgIpc) is 2.73. The van der Waals surface area contributed by atoms with Crippen molar-refractivity contribution in [2.24, 2.45) is 0 Å². The third kappa shape index (κ3) is 5.09. The van der Waals surface area contributed by atoms with Gasteiger partial charge in [-0.25, -0.2) is 0 Å². The molecule has 0 spiro atoms. The number of benzene rings is 3. The number of hydrogen-bond donors (Lipinski definition) is 1. The molecule has 0 aliphatic carbocycles. The molecular weight excluding hydrogens is 434 g/mol. The van der Waals surface area contributed by atoms with Crippen molar-refractivity contribution in [2.45, 2.75) is 25.7 Å². The molecule has 1 unspecified atom stereocenters. The van der Waals surface area contributed by atoms with E-state index in [4.69, 9.17) is 27.9 Å². The standard InChI is InChI=1S/C23H20Cl2F3NO/c1-14(18-4-3-5-20(24)22(18)25)29-13-15-6-11-21(30-2)19(12-15)16-7-9-17(10-8-16)23(26,27)28/h3-12,14,29H,13H2,1-2H3. The van der Waals surface area contributed by atoms with Crippen LogP contribution in [-0.2, 0) is 12.7 Å². The molecule has 3 rings (SSSR count). The second-order valence-electron chi connectivity index (χ2n) is 6.86. The number of alkyl halides is 3. The van der Waals surface area contributed by atoms with Gasteiger partial charge in [0.2, 0.25) is 0 Å². The Morgan fingerprint density at radius 1 is 1.00 bits per heavy atom. The molecular formula is C23H20Cl2F3NO. The van der Waals surface area contributed by atoms with Crippen LogP contribution < -0.4 is 10.1 Å². The van der Waals surface area contributed by atoms with Gasteiger partial charge in [-0.2, -0.15) is 13.2 Å². The number of methoxy groups -OCH3 is 1. The Morgan fingerprint density at radius 3 is 2.33 bits per heavy atom. The number of ether oxygens (including phenoxy) is 1. The summed E-state index contributed by atoms with van der Waals surface area (Å²) in [6.07, 6.45) is -4.37. The van der Waals surface area contributed by atoms with Crippen LogP contribution in [0.3, 0.4) is 0 Å². The van der Waals surface area contributed by atoms with E-state index in [1.807, 2.05) is 31.2 Å². The average molecular weight is 454 g/mol. The summed E-state index contributed by atoms with van der Waals surface area (Å²) in [6.45, 7) is 2.51. The van der Waals surface area contributed by atoms with Crippen molar-refractivity contribution in [1.82, 2.24) is 5.32 Å². The molecule has 2 nitrogen and oxygen atoms in total. The highest BCUT2D eigenvalue weighted by Crippen LogP contribution is 2.35. The topological polar surface area (TPSA) is 21.3 Å². The van der Waals surface area contributed by atoms with E-state index in [0.29, 0.717) is 27.9 Å². The number of rotatable bonds is 6. The second-order valence-corrected chi connectivity index (χ2v) is 7.64. The van der Waals surface area contributed by atoms with E-state index in [2.05, 4.69) is 5.32 Å². The molecule has 0 aliphatic rings. The van der Waals surface area contributed by atoms with Crippen molar-refractivity contribution in [3.8, 4) is 16.9 Å². The lowest BCUT2D eigenvalue weighted by molar-refractivity contribution is -0.137. The highest BCUT2D eigenvalue weighted by Gasteiger charge is 2.30. The third-order valence-corrected chi connectivity index (χ3v) is 5.68. The van der Waals surface area contributed by atoms with Gasteiger partial charge in [0.25, 0.3) is 0 Å². The van der Waals surface area contributed by atoms with E-state index in [0.717, 1.165) is 28.8 Å². The summed E-state index contributed by atoms with van der Waals surface area (Å²) in [6, 6.07) is 16.1. The van der Waals surface area contributed by atoms with Crippen molar-refractivity contribution in [2.75, 3.05) is 7.11 Å². The number of halogens is 5. The van der Waals surface area contributed by atoms with Crippen LogP contribution in [0.2, 0.25) is 10.0 Å². The summed E-state index contributed by atoms with van der Waals surface area (Å²) in [5.41, 5.74) is 2.53. The predicted molar refractivity (Wildman–Crippen MR) is 115 cm³/mol. The predicted octanol–water partition coefficient (Wildman–Crippen LogP) is 7.54. The number of nitrogens with one attached hydrogen (secondary N) is 1. The fourth-order valence-electron chi connectivity index (χ4n) is 3.17. The van der Waals surface area contributed by atoms with Gasteiger partial charge in [-0.05, 0) is 53.9 Å². The molecule has 158 valence electrons. The van der Waals surface area contributed by atoms with Gasteiger partial charge in [0.05, 0.1) is 22.7 Å². The van der Waals surface area contributed by atoms with Gasteiger partial charge in [0.15, 0.2) is 0 Å². The summed E-state index contributed by atoms with van der Waals surface area (Å²) in [5, 5.41) is 4.41. The minimum Gasteiger partial charge on any atom is -0.496 e. The lowest BCUT2D eigenvalue weighted by Crippen LogP contribution is -2.18. The lowest BCUT2D eigenvalue weighted by atomic mass is 10.00. The van der Waals surface area contributed by atoms with Crippen LogP contribution in [-0.4, -0.2) is 7.11 Å². The first-order chi connectivity index (χ1) is 14.2. The summed E-state index contributed by atoms with van der Waals surface area (Å²) in [7, 11) is 1.53. The molecule has 0 radical (unpaired) electrons. The van der Waals surface area contributed by atoms with E-state index in [1.54, 1.807) is 12.1 Å². The van der Waals surface area contributed by atoms with Crippen molar-refractivity contribution >= 4 is 23.2 Å². The summed E-state index contributed by atoms with van der Waals surface area (Å²) < 4.78 is 44.0. The molecule has 3 aromatic rings. The molecule has 0 amide bonds.